The number of ether oxygens (including phenoxy) is 1. The van der Waals surface area contributed by atoms with E-state index in [1.54, 1.807) is 6.92 Å². The van der Waals surface area contributed by atoms with Crippen LogP contribution in [-0.4, -0.2) is 73.4 Å². The number of esters is 1. The Morgan fingerprint density at radius 3 is 1.89 bits per heavy atom. The third-order valence-electron chi connectivity index (χ3n) is 3.79. The molecule has 0 aromatic rings. The van der Waals surface area contributed by atoms with E-state index in [-0.39, 0.29) is 6.61 Å². The second-order valence-corrected chi connectivity index (χ2v) is 8.26. The quantitative estimate of drug-likeness (QED) is 0.176. The van der Waals surface area contributed by atoms with E-state index in [1.807, 2.05) is 0 Å². The van der Waals surface area contributed by atoms with Gasteiger partial charge in [0.15, 0.2) is 10.1 Å². The van der Waals surface area contributed by atoms with Crippen LogP contribution in [0, 0.1) is 0 Å². The molecule has 168 valence electrons. The number of alkyl halides is 3. The number of unbranched alkanes of at least 4 members (excludes halogenated alkanes) is 2. The van der Waals surface area contributed by atoms with Gasteiger partial charge >= 0.3 is 11.5 Å². The normalized spacial score (nSPS) is 13.3. The van der Waals surface area contributed by atoms with E-state index >= 15 is 0 Å². The van der Waals surface area contributed by atoms with Crippen LogP contribution in [0.2, 0.25) is 0 Å². The van der Waals surface area contributed by atoms with Crippen LogP contribution < -0.4 is 0 Å². The molecule has 0 spiro atoms. The van der Waals surface area contributed by atoms with Gasteiger partial charge in [-0.3, -0.25) is 0 Å². The highest BCUT2D eigenvalue weighted by Gasteiger charge is 2.36. The van der Waals surface area contributed by atoms with Crippen LogP contribution in [0.5, 0.6) is 0 Å². The molecule has 0 aliphatic rings. The molecular weight excluding hydrogens is 403 g/mol. The van der Waals surface area contributed by atoms with E-state index in [0.29, 0.717) is 12.1 Å². The molecule has 0 fully saturated rings. The lowest BCUT2D eigenvalue weighted by Crippen LogP contribution is -2.51. The minimum Gasteiger partial charge on any atom is -0.741 e. The summed E-state index contributed by atoms with van der Waals surface area (Å²) in [4.78, 5) is 11.3. The van der Waals surface area contributed by atoms with Crippen molar-refractivity contribution in [2.75, 3.05) is 33.3 Å². The third-order valence-corrected chi connectivity index (χ3v) is 4.36. The number of quaternary nitrogens is 1. The first-order valence-corrected chi connectivity index (χ1v) is 10.4. The van der Waals surface area contributed by atoms with E-state index in [9.17, 15) is 23.1 Å². The summed E-state index contributed by atoms with van der Waals surface area (Å²) < 4.78 is 64.8. The predicted octanol–water partition coefficient (Wildman–Crippen LogP) is 2.56. The Morgan fingerprint density at radius 2 is 1.61 bits per heavy atom. The van der Waals surface area contributed by atoms with E-state index < -0.39 is 27.7 Å². The molecule has 0 aromatic carbocycles. The minimum absolute atomic E-state index is 0.0534. The molecule has 1 N–H and O–H groups in total. The van der Waals surface area contributed by atoms with Gasteiger partial charge in [-0.05, 0) is 19.8 Å². The molecule has 0 aliphatic heterocycles. The molecule has 28 heavy (non-hydrogen) atoms. The first kappa shape index (κ1) is 29.0. The summed E-state index contributed by atoms with van der Waals surface area (Å²) in [5.74, 6) is -0.430. The number of likely N-dealkylation sites (N-methyl/N-ethyl adjacent to an activating group) is 1. The van der Waals surface area contributed by atoms with Crippen LogP contribution in [0.4, 0.5) is 13.2 Å². The fourth-order valence-electron chi connectivity index (χ4n) is 2.23. The number of nitrogens with zero attached hydrogens (tertiary/aromatic N) is 1. The standard InChI is InChI=1S/C16H32NO3.CHF3O3S/c1-6-8-10-17(5,11-9-7-2)12-15(18)13-20-16(19)14(3)4;2-1(3,4)8(5,6)7/h15,18H,3,6-13H2,1-2,4-5H3;(H,5,6,7)/q+1;/p-1. The first-order chi connectivity index (χ1) is 12.6. The number of carbonyl (C=O) groups is 1. The topological polar surface area (TPSA) is 104 Å². The van der Waals surface area contributed by atoms with Gasteiger partial charge in [0.05, 0.1) is 20.1 Å². The number of carbonyl (C=O) groups excluding carboxylic acids is 1. The zero-order valence-electron chi connectivity index (χ0n) is 16.9. The van der Waals surface area contributed by atoms with Gasteiger partial charge < -0.3 is 18.9 Å². The van der Waals surface area contributed by atoms with Gasteiger partial charge in [-0.2, -0.15) is 13.2 Å². The number of halogens is 3. The molecule has 0 heterocycles. The maximum Gasteiger partial charge on any atom is 0.485 e. The molecule has 0 rings (SSSR count). The minimum atomic E-state index is -6.09. The number of hydrogen-bond acceptors (Lipinski definition) is 6. The number of aliphatic hydroxyl groups is 1. The second kappa shape index (κ2) is 13.1. The molecule has 1 atom stereocenters. The maximum absolute atomic E-state index is 11.3. The van der Waals surface area contributed by atoms with Crippen LogP contribution >= 0.6 is 0 Å². The van der Waals surface area contributed by atoms with Gasteiger partial charge in [-0.25, -0.2) is 13.2 Å². The van der Waals surface area contributed by atoms with Crippen molar-refractivity contribution in [1.29, 1.82) is 0 Å². The molecule has 7 nitrogen and oxygen atoms in total. The van der Waals surface area contributed by atoms with Crippen LogP contribution in [-0.2, 0) is 19.6 Å². The van der Waals surface area contributed by atoms with Crippen molar-refractivity contribution in [3.8, 4) is 0 Å². The van der Waals surface area contributed by atoms with Gasteiger partial charge in [-0.15, -0.1) is 0 Å². The summed E-state index contributed by atoms with van der Waals surface area (Å²) in [5, 5.41) is 10.1. The number of aliphatic hydroxyl groups excluding tert-OH is 1. The summed E-state index contributed by atoms with van der Waals surface area (Å²) in [5.41, 5.74) is -5.28. The summed E-state index contributed by atoms with van der Waals surface area (Å²) in [6.45, 7) is 12.3. The number of rotatable bonds is 11. The van der Waals surface area contributed by atoms with Gasteiger partial charge in [0.1, 0.15) is 19.3 Å². The largest absolute Gasteiger partial charge is 0.741 e. The Morgan fingerprint density at radius 1 is 1.21 bits per heavy atom. The highest BCUT2D eigenvalue weighted by Crippen LogP contribution is 2.20. The van der Waals surface area contributed by atoms with Crippen LogP contribution in [0.1, 0.15) is 46.5 Å². The van der Waals surface area contributed by atoms with Gasteiger partial charge in [0.25, 0.3) is 0 Å². The second-order valence-electron chi connectivity index (χ2n) is 6.89. The van der Waals surface area contributed by atoms with Crippen molar-refractivity contribution in [2.24, 2.45) is 0 Å². The average molecular weight is 436 g/mol. The summed E-state index contributed by atoms with van der Waals surface area (Å²) in [7, 11) is -3.91. The highest BCUT2D eigenvalue weighted by molar-refractivity contribution is 7.86. The van der Waals surface area contributed by atoms with Gasteiger partial charge in [-0.1, -0.05) is 33.3 Å². The van der Waals surface area contributed by atoms with Crippen molar-refractivity contribution in [3.05, 3.63) is 12.2 Å². The molecule has 0 radical (unpaired) electrons. The molecule has 11 heteroatoms. The van der Waals surface area contributed by atoms with Gasteiger partial charge in [0, 0.05) is 5.57 Å². The Bertz CT molecular complexity index is 570. The van der Waals surface area contributed by atoms with Crippen molar-refractivity contribution in [2.45, 2.75) is 58.1 Å². The average Bonchev–Trinajstić information content (AvgIpc) is 2.54. The van der Waals surface area contributed by atoms with E-state index in [0.717, 1.165) is 43.3 Å². The Labute approximate surface area is 165 Å². The van der Waals surface area contributed by atoms with E-state index in [4.69, 9.17) is 17.7 Å². The third kappa shape index (κ3) is 13.9. The molecular formula is C17H32F3NO6S. The lowest BCUT2D eigenvalue weighted by Gasteiger charge is -2.36. The monoisotopic (exact) mass is 435 g/mol. The Balaban J connectivity index is 0. The lowest BCUT2D eigenvalue weighted by molar-refractivity contribution is -0.913. The fourth-order valence-corrected chi connectivity index (χ4v) is 2.23. The summed E-state index contributed by atoms with van der Waals surface area (Å²) >= 11 is 0. The fraction of sp³-hybridized carbons (Fsp3) is 0.824. The Hall–Kier alpha value is -1.17. The lowest BCUT2D eigenvalue weighted by atomic mass is 10.2. The zero-order valence-corrected chi connectivity index (χ0v) is 17.7. The van der Waals surface area contributed by atoms with Crippen molar-refractivity contribution in [1.82, 2.24) is 0 Å². The van der Waals surface area contributed by atoms with Crippen molar-refractivity contribution < 1.29 is 45.3 Å². The predicted molar refractivity (Wildman–Crippen MR) is 98.1 cm³/mol. The molecule has 0 saturated carbocycles. The molecule has 0 saturated heterocycles. The summed E-state index contributed by atoms with van der Waals surface area (Å²) in [6.07, 6.45) is 4.00. The first-order valence-electron chi connectivity index (χ1n) is 8.96. The van der Waals surface area contributed by atoms with Crippen molar-refractivity contribution in [3.63, 3.8) is 0 Å². The SMILES string of the molecule is C=C(C)C(=O)OCC(O)C[N+](C)(CCCC)CCCC.O=S(=O)([O-])C(F)(F)F. The van der Waals surface area contributed by atoms with E-state index in [2.05, 4.69) is 27.5 Å². The van der Waals surface area contributed by atoms with Crippen LogP contribution in [0.3, 0.4) is 0 Å². The van der Waals surface area contributed by atoms with Crippen LogP contribution in [0.25, 0.3) is 0 Å². The molecule has 0 aliphatic carbocycles. The zero-order chi connectivity index (χ0) is 22.6. The smallest absolute Gasteiger partial charge is 0.485 e. The molecule has 0 bridgehead atoms. The van der Waals surface area contributed by atoms with Crippen LogP contribution in [0.15, 0.2) is 12.2 Å². The van der Waals surface area contributed by atoms with E-state index in [1.165, 1.54) is 0 Å². The Kier molecular flexibility index (Phi) is 13.6. The molecule has 0 aromatic heterocycles. The van der Waals surface area contributed by atoms with Crippen molar-refractivity contribution >= 4 is 16.1 Å². The summed E-state index contributed by atoms with van der Waals surface area (Å²) in [6, 6.07) is 0. The molecule has 0 amide bonds. The molecule has 1 unspecified atom stereocenters. The highest BCUT2D eigenvalue weighted by atomic mass is 32.2. The van der Waals surface area contributed by atoms with Gasteiger partial charge in [0.2, 0.25) is 0 Å². The maximum atomic E-state index is 11.3. The number of hydrogen-bond donors (Lipinski definition) is 1.